The highest BCUT2D eigenvalue weighted by atomic mass is 16.2. The van der Waals surface area contributed by atoms with Crippen molar-refractivity contribution in [3.05, 3.63) is 0 Å². The number of rotatable bonds is 5. The van der Waals surface area contributed by atoms with Crippen molar-refractivity contribution < 1.29 is 9.59 Å². The Bertz CT molecular complexity index is 379. The Kier molecular flexibility index (Phi) is 4.68. The average Bonchev–Trinajstić information content (AvgIpc) is 3.12. The molecule has 5 nitrogen and oxygen atoms in total. The van der Waals surface area contributed by atoms with Gasteiger partial charge in [0.2, 0.25) is 11.8 Å². The van der Waals surface area contributed by atoms with Crippen LogP contribution in [0.4, 0.5) is 0 Å². The molecule has 1 saturated heterocycles. The van der Waals surface area contributed by atoms with E-state index in [4.69, 9.17) is 5.73 Å². The second kappa shape index (κ2) is 6.12. The number of nitrogens with two attached hydrogens (primary N) is 1. The summed E-state index contributed by atoms with van der Waals surface area (Å²) in [4.78, 5) is 27.7. The largest absolute Gasteiger partial charge is 0.341 e. The predicted octanol–water partition coefficient (Wildman–Crippen LogP) is 0.829. The highest BCUT2D eigenvalue weighted by Gasteiger charge is 2.36. The molecule has 2 N–H and O–H groups in total. The van der Waals surface area contributed by atoms with Crippen molar-refractivity contribution in [3.63, 3.8) is 0 Å². The second-order valence-electron chi connectivity index (χ2n) is 6.61. The van der Waals surface area contributed by atoms with Gasteiger partial charge in [-0.25, -0.2) is 0 Å². The normalized spacial score (nSPS) is 24.1. The zero-order chi connectivity index (χ0) is 14.9. The van der Waals surface area contributed by atoms with Crippen LogP contribution >= 0.6 is 0 Å². The number of nitrogens with zero attached hydrogens (tertiary/aromatic N) is 2. The van der Waals surface area contributed by atoms with Crippen molar-refractivity contribution in [2.24, 2.45) is 17.6 Å². The van der Waals surface area contributed by atoms with Crippen LogP contribution in [0.5, 0.6) is 0 Å². The fourth-order valence-corrected chi connectivity index (χ4v) is 2.88. The lowest BCUT2D eigenvalue weighted by Gasteiger charge is -2.26. The minimum atomic E-state index is -0.402. The van der Waals surface area contributed by atoms with Gasteiger partial charge in [-0.15, -0.1) is 0 Å². The van der Waals surface area contributed by atoms with Crippen LogP contribution in [-0.4, -0.2) is 53.3 Å². The molecule has 0 aromatic carbocycles. The average molecular weight is 281 g/mol. The van der Waals surface area contributed by atoms with E-state index in [0.717, 1.165) is 38.9 Å². The molecule has 2 unspecified atom stereocenters. The molecular formula is C15H27N3O2. The number of likely N-dealkylation sites (tertiary alicyclic amines) is 1. The van der Waals surface area contributed by atoms with E-state index < -0.39 is 6.04 Å². The topological polar surface area (TPSA) is 66.6 Å². The SMILES string of the molecule is CC(=O)N(CC1CCN(C(=O)C(N)C(C)C)C1)C1CC1. The summed E-state index contributed by atoms with van der Waals surface area (Å²) in [6.45, 7) is 7.91. The maximum atomic E-state index is 12.2. The smallest absolute Gasteiger partial charge is 0.239 e. The molecule has 2 amide bonds. The summed E-state index contributed by atoms with van der Waals surface area (Å²) >= 11 is 0. The van der Waals surface area contributed by atoms with Gasteiger partial charge in [0.05, 0.1) is 6.04 Å². The minimum Gasteiger partial charge on any atom is -0.341 e. The standard InChI is InChI=1S/C15H27N3O2/c1-10(2)14(16)15(20)17-7-6-12(8-17)9-18(11(3)19)13-4-5-13/h10,12-14H,4-9,16H2,1-3H3. The van der Waals surface area contributed by atoms with E-state index >= 15 is 0 Å². The summed E-state index contributed by atoms with van der Waals surface area (Å²) in [7, 11) is 0. The maximum Gasteiger partial charge on any atom is 0.239 e. The summed E-state index contributed by atoms with van der Waals surface area (Å²) in [6.07, 6.45) is 3.24. The molecule has 5 heteroatoms. The van der Waals surface area contributed by atoms with Gasteiger partial charge in [0.1, 0.15) is 0 Å². The van der Waals surface area contributed by atoms with Gasteiger partial charge < -0.3 is 15.5 Å². The Hall–Kier alpha value is -1.10. The molecule has 2 fully saturated rings. The molecule has 1 heterocycles. The minimum absolute atomic E-state index is 0.0586. The van der Waals surface area contributed by atoms with Gasteiger partial charge >= 0.3 is 0 Å². The number of hydrogen-bond acceptors (Lipinski definition) is 3. The molecule has 0 spiro atoms. The van der Waals surface area contributed by atoms with E-state index in [1.54, 1.807) is 6.92 Å². The highest BCUT2D eigenvalue weighted by molar-refractivity contribution is 5.82. The van der Waals surface area contributed by atoms with Crippen LogP contribution in [0, 0.1) is 11.8 Å². The van der Waals surface area contributed by atoms with Crippen LogP contribution < -0.4 is 5.73 Å². The second-order valence-corrected chi connectivity index (χ2v) is 6.61. The summed E-state index contributed by atoms with van der Waals surface area (Å²) in [5, 5.41) is 0. The molecule has 0 radical (unpaired) electrons. The van der Waals surface area contributed by atoms with Crippen molar-refractivity contribution in [2.45, 2.75) is 52.1 Å². The third-order valence-electron chi connectivity index (χ3n) is 4.45. The molecule has 2 aliphatic rings. The Balaban J connectivity index is 1.85. The maximum absolute atomic E-state index is 12.2. The number of hydrogen-bond donors (Lipinski definition) is 1. The van der Waals surface area contributed by atoms with Crippen LogP contribution in [-0.2, 0) is 9.59 Å². The van der Waals surface area contributed by atoms with Crippen molar-refractivity contribution >= 4 is 11.8 Å². The van der Waals surface area contributed by atoms with Crippen molar-refractivity contribution in [3.8, 4) is 0 Å². The van der Waals surface area contributed by atoms with Gasteiger partial charge in [-0.3, -0.25) is 9.59 Å². The lowest BCUT2D eigenvalue weighted by molar-refractivity contribution is -0.132. The highest BCUT2D eigenvalue weighted by Crippen LogP contribution is 2.29. The summed E-state index contributed by atoms with van der Waals surface area (Å²) < 4.78 is 0. The Morgan fingerprint density at radius 2 is 1.95 bits per heavy atom. The molecule has 0 aromatic heterocycles. The van der Waals surface area contributed by atoms with Crippen LogP contribution in [0.2, 0.25) is 0 Å². The van der Waals surface area contributed by atoms with E-state index in [1.807, 2.05) is 23.6 Å². The first-order valence-corrected chi connectivity index (χ1v) is 7.71. The van der Waals surface area contributed by atoms with E-state index in [9.17, 15) is 9.59 Å². The van der Waals surface area contributed by atoms with Gasteiger partial charge in [-0.05, 0) is 31.1 Å². The molecule has 1 saturated carbocycles. The summed E-state index contributed by atoms with van der Waals surface area (Å²) in [6, 6.07) is 0.0521. The van der Waals surface area contributed by atoms with Gasteiger partial charge in [0, 0.05) is 32.6 Å². The van der Waals surface area contributed by atoms with E-state index in [2.05, 4.69) is 0 Å². The molecule has 0 bridgehead atoms. The molecule has 0 aromatic rings. The third-order valence-corrected chi connectivity index (χ3v) is 4.45. The van der Waals surface area contributed by atoms with Gasteiger partial charge in [0.15, 0.2) is 0 Å². The summed E-state index contributed by atoms with van der Waals surface area (Å²) in [5.41, 5.74) is 5.94. The van der Waals surface area contributed by atoms with Crippen molar-refractivity contribution in [2.75, 3.05) is 19.6 Å². The van der Waals surface area contributed by atoms with Crippen LogP contribution in [0.15, 0.2) is 0 Å². The lowest BCUT2D eigenvalue weighted by atomic mass is 10.0. The van der Waals surface area contributed by atoms with Crippen molar-refractivity contribution in [1.29, 1.82) is 0 Å². The van der Waals surface area contributed by atoms with Crippen LogP contribution in [0.1, 0.15) is 40.0 Å². The van der Waals surface area contributed by atoms with Crippen molar-refractivity contribution in [1.82, 2.24) is 9.80 Å². The monoisotopic (exact) mass is 281 g/mol. The number of carbonyl (C=O) groups is 2. The van der Waals surface area contributed by atoms with Crippen LogP contribution in [0.25, 0.3) is 0 Å². The molecule has 1 aliphatic carbocycles. The molecule has 1 aliphatic heterocycles. The number of amides is 2. The van der Waals surface area contributed by atoms with E-state index in [0.29, 0.717) is 12.0 Å². The van der Waals surface area contributed by atoms with Gasteiger partial charge in [-0.2, -0.15) is 0 Å². The fraction of sp³-hybridized carbons (Fsp3) is 0.867. The van der Waals surface area contributed by atoms with Gasteiger partial charge in [0.25, 0.3) is 0 Å². The quantitative estimate of drug-likeness (QED) is 0.811. The number of carbonyl (C=O) groups excluding carboxylic acids is 2. The molecule has 114 valence electrons. The summed E-state index contributed by atoms with van der Waals surface area (Å²) in [5.74, 6) is 0.795. The Morgan fingerprint density at radius 3 is 2.45 bits per heavy atom. The first kappa shape index (κ1) is 15.3. The Morgan fingerprint density at radius 1 is 1.30 bits per heavy atom. The lowest BCUT2D eigenvalue weighted by Crippen LogP contribution is -2.46. The van der Waals surface area contributed by atoms with Gasteiger partial charge in [-0.1, -0.05) is 13.8 Å². The molecule has 2 rings (SSSR count). The predicted molar refractivity (Wildman–Crippen MR) is 77.9 cm³/mol. The molecule has 20 heavy (non-hydrogen) atoms. The molecular weight excluding hydrogens is 254 g/mol. The van der Waals surface area contributed by atoms with Crippen LogP contribution in [0.3, 0.4) is 0 Å². The zero-order valence-corrected chi connectivity index (χ0v) is 12.8. The zero-order valence-electron chi connectivity index (χ0n) is 12.8. The first-order chi connectivity index (χ1) is 9.40. The Labute approximate surface area is 121 Å². The first-order valence-electron chi connectivity index (χ1n) is 7.71. The van der Waals surface area contributed by atoms with E-state index in [-0.39, 0.29) is 17.7 Å². The molecule has 2 atom stereocenters. The van der Waals surface area contributed by atoms with E-state index in [1.165, 1.54) is 0 Å². The fourth-order valence-electron chi connectivity index (χ4n) is 2.88. The third kappa shape index (κ3) is 3.51.